The molecule has 160 valence electrons. The normalized spacial score (nSPS) is 10.8. The van der Waals surface area contributed by atoms with Crippen LogP contribution < -0.4 is 14.9 Å². The molecule has 0 atom stereocenters. The SMILES string of the molecule is COc1cc(C=NNc2cccc([N+](=O)[O-])c2)ccc1OCc1c(Cl)ccc(Cl)c1Cl. The van der Waals surface area contributed by atoms with Crippen molar-refractivity contribution in [3.8, 4) is 11.5 Å². The molecule has 0 aromatic heterocycles. The molecule has 0 heterocycles. The van der Waals surface area contributed by atoms with E-state index in [0.29, 0.717) is 37.8 Å². The lowest BCUT2D eigenvalue weighted by molar-refractivity contribution is -0.384. The molecule has 0 amide bonds. The largest absolute Gasteiger partial charge is 0.493 e. The Kier molecular flexibility index (Phi) is 7.57. The Hall–Kier alpha value is -3.00. The van der Waals surface area contributed by atoms with Gasteiger partial charge in [-0.3, -0.25) is 15.5 Å². The van der Waals surface area contributed by atoms with Crippen LogP contribution in [-0.2, 0) is 6.61 Å². The van der Waals surface area contributed by atoms with E-state index in [-0.39, 0.29) is 12.3 Å². The summed E-state index contributed by atoms with van der Waals surface area (Å²) in [6.07, 6.45) is 1.55. The van der Waals surface area contributed by atoms with Crippen LogP contribution in [0.15, 0.2) is 59.7 Å². The molecule has 3 aromatic carbocycles. The highest BCUT2D eigenvalue weighted by Gasteiger charge is 2.12. The molecule has 0 aliphatic carbocycles. The number of rotatable bonds is 8. The van der Waals surface area contributed by atoms with Crippen LogP contribution in [0.1, 0.15) is 11.1 Å². The van der Waals surface area contributed by atoms with Crippen molar-refractivity contribution in [3.63, 3.8) is 0 Å². The number of nitrogens with zero attached hydrogens (tertiary/aromatic N) is 2. The van der Waals surface area contributed by atoms with Gasteiger partial charge in [0, 0.05) is 22.7 Å². The molecule has 7 nitrogen and oxygen atoms in total. The van der Waals surface area contributed by atoms with Crippen molar-refractivity contribution in [2.45, 2.75) is 6.61 Å². The van der Waals surface area contributed by atoms with E-state index in [2.05, 4.69) is 10.5 Å². The number of hydrogen-bond donors (Lipinski definition) is 1. The van der Waals surface area contributed by atoms with Crippen LogP contribution in [0.25, 0.3) is 0 Å². The quantitative estimate of drug-likeness (QED) is 0.170. The number of hydrazone groups is 1. The van der Waals surface area contributed by atoms with Crippen molar-refractivity contribution in [1.82, 2.24) is 0 Å². The van der Waals surface area contributed by atoms with Crippen molar-refractivity contribution >= 4 is 52.4 Å². The molecule has 0 fully saturated rings. The Morgan fingerprint density at radius 3 is 2.58 bits per heavy atom. The minimum Gasteiger partial charge on any atom is -0.493 e. The first-order valence-corrected chi connectivity index (χ1v) is 9.99. The van der Waals surface area contributed by atoms with Gasteiger partial charge in [-0.15, -0.1) is 0 Å². The first-order chi connectivity index (χ1) is 14.9. The van der Waals surface area contributed by atoms with Gasteiger partial charge in [-0.05, 0) is 42.0 Å². The summed E-state index contributed by atoms with van der Waals surface area (Å²) in [5.41, 5.74) is 4.52. The number of methoxy groups -OCH3 is 1. The number of benzene rings is 3. The average Bonchev–Trinajstić information content (AvgIpc) is 2.77. The fourth-order valence-corrected chi connectivity index (χ4v) is 3.26. The summed E-state index contributed by atoms with van der Waals surface area (Å²) in [6.45, 7) is 0.108. The van der Waals surface area contributed by atoms with Gasteiger partial charge >= 0.3 is 0 Å². The molecular formula is C21H16Cl3N3O4. The molecule has 10 heteroatoms. The fraction of sp³-hybridized carbons (Fsp3) is 0.0952. The molecular weight excluding hydrogens is 465 g/mol. The molecule has 0 spiro atoms. The first-order valence-electron chi connectivity index (χ1n) is 8.85. The minimum absolute atomic E-state index is 0.0247. The third-order valence-corrected chi connectivity index (χ3v) is 5.36. The molecule has 1 N–H and O–H groups in total. The van der Waals surface area contributed by atoms with E-state index < -0.39 is 4.92 Å². The van der Waals surface area contributed by atoms with Gasteiger partial charge in [-0.1, -0.05) is 40.9 Å². The second-order valence-corrected chi connectivity index (χ2v) is 7.39. The number of non-ortho nitro benzene ring substituents is 1. The van der Waals surface area contributed by atoms with Crippen molar-refractivity contribution in [1.29, 1.82) is 0 Å². The molecule has 0 unspecified atom stereocenters. The van der Waals surface area contributed by atoms with E-state index in [0.717, 1.165) is 5.56 Å². The van der Waals surface area contributed by atoms with Crippen LogP contribution in [0.3, 0.4) is 0 Å². The number of nitro benzene ring substituents is 1. The number of halogens is 3. The average molecular weight is 481 g/mol. The van der Waals surface area contributed by atoms with Crippen molar-refractivity contribution in [2.75, 3.05) is 12.5 Å². The van der Waals surface area contributed by atoms with Crippen LogP contribution in [0.5, 0.6) is 11.5 Å². The number of nitrogens with one attached hydrogen (secondary N) is 1. The monoisotopic (exact) mass is 479 g/mol. The van der Waals surface area contributed by atoms with E-state index in [4.69, 9.17) is 44.3 Å². The van der Waals surface area contributed by atoms with E-state index in [9.17, 15) is 10.1 Å². The molecule has 0 saturated carbocycles. The van der Waals surface area contributed by atoms with Crippen LogP contribution in [0.4, 0.5) is 11.4 Å². The molecule has 31 heavy (non-hydrogen) atoms. The van der Waals surface area contributed by atoms with Gasteiger partial charge in [-0.2, -0.15) is 5.10 Å². The summed E-state index contributed by atoms with van der Waals surface area (Å²) in [7, 11) is 1.52. The lowest BCUT2D eigenvalue weighted by Crippen LogP contribution is -2.00. The van der Waals surface area contributed by atoms with Gasteiger partial charge in [0.2, 0.25) is 0 Å². The summed E-state index contributed by atoms with van der Waals surface area (Å²) in [5.74, 6) is 0.965. The van der Waals surface area contributed by atoms with Gasteiger partial charge in [0.05, 0.1) is 34.0 Å². The second-order valence-electron chi connectivity index (χ2n) is 6.20. The van der Waals surface area contributed by atoms with E-state index >= 15 is 0 Å². The van der Waals surface area contributed by atoms with Crippen LogP contribution >= 0.6 is 34.8 Å². The number of hydrogen-bond acceptors (Lipinski definition) is 6. The molecule has 0 aliphatic rings. The fourth-order valence-electron chi connectivity index (χ4n) is 2.61. The zero-order chi connectivity index (χ0) is 22.4. The number of ether oxygens (including phenoxy) is 2. The van der Waals surface area contributed by atoms with Gasteiger partial charge < -0.3 is 9.47 Å². The molecule has 0 aliphatic heterocycles. The summed E-state index contributed by atoms with van der Waals surface area (Å²) < 4.78 is 11.2. The van der Waals surface area contributed by atoms with Crippen molar-refractivity contribution in [3.05, 3.63) is 90.9 Å². The minimum atomic E-state index is -0.470. The predicted molar refractivity (Wildman–Crippen MR) is 123 cm³/mol. The van der Waals surface area contributed by atoms with E-state index in [1.54, 1.807) is 48.7 Å². The summed E-state index contributed by atoms with van der Waals surface area (Å²) in [4.78, 5) is 10.4. The molecule has 0 saturated heterocycles. The number of nitro groups is 1. The predicted octanol–water partition coefficient (Wildman–Crippen LogP) is 6.59. The lowest BCUT2D eigenvalue weighted by Gasteiger charge is -2.13. The van der Waals surface area contributed by atoms with Crippen LogP contribution in [0.2, 0.25) is 15.1 Å². The molecule has 3 aromatic rings. The van der Waals surface area contributed by atoms with Crippen molar-refractivity contribution < 1.29 is 14.4 Å². The third kappa shape index (κ3) is 5.79. The Morgan fingerprint density at radius 2 is 1.84 bits per heavy atom. The number of anilines is 1. The van der Waals surface area contributed by atoms with Gasteiger partial charge in [0.15, 0.2) is 11.5 Å². The van der Waals surface area contributed by atoms with Gasteiger partial charge in [-0.25, -0.2) is 0 Å². The summed E-state index contributed by atoms with van der Waals surface area (Å²) >= 11 is 18.4. The Morgan fingerprint density at radius 1 is 1.06 bits per heavy atom. The van der Waals surface area contributed by atoms with E-state index in [1.807, 2.05) is 0 Å². The van der Waals surface area contributed by atoms with Gasteiger partial charge in [0.1, 0.15) is 6.61 Å². The van der Waals surface area contributed by atoms with Crippen LogP contribution in [0, 0.1) is 10.1 Å². The second kappa shape index (κ2) is 10.3. The summed E-state index contributed by atoms with van der Waals surface area (Å²) in [5, 5.41) is 16.1. The Balaban J connectivity index is 1.70. The third-order valence-electron chi connectivity index (χ3n) is 4.16. The molecule has 0 radical (unpaired) electrons. The zero-order valence-corrected chi connectivity index (χ0v) is 18.4. The topological polar surface area (TPSA) is 86.0 Å². The zero-order valence-electron chi connectivity index (χ0n) is 16.1. The van der Waals surface area contributed by atoms with Crippen molar-refractivity contribution in [2.24, 2.45) is 5.10 Å². The van der Waals surface area contributed by atoms with Gasteiger partial charge in [0.25, 0.3) is 5.69 Å². The highest BCUT2D eigenvalue weighted by atomic mass is 35.5. The summed E-state index contributed by atoms with van der Waals surface area (Å²) in [6, 6.07) is 14.5. The Bertz CT molecular complexity index is 1140. The first kappa shape index (κ1) is 22.7. The maximum Gasteiger partial charge on any atom is 0.271 e. The lowest BCUT2D eigenvalue weighted by atomic mass is 10.2. The molecule has 3 rings (SSSR count). The standard InChI is InChI=1S/C21H16Cl3N3O4/c1-30-20-9-13(11-25-26-14-3-2-4-15(10-14)27(28)29)5-8-19(20)31-12-16-17(22)6-7-18(23)21(16)24/h2-11,26H,12H2,1H3. The highest BCUT2D eigenvalue weighted by molar-refractivity contribution is 6.44. The highest BCUT2D eigenvalue weighted by Crippen LogP contribution is 2.34. The maximum absolute atomic E-state index is 10.8. The molecule has 0 bridgehead atoms. The smallest absolute Gasteiger partial charge is 0.271 e. The Labute approximate surface area is 193 Å². The maximum atomic E-state index is 10.8. The van der Waals surface area contributed by atoms with E-state index in [1.165, 1.54) is 19.2 Å². The van der Waals surface area contributed by atoms with Crippen LogP contribution in [-0.4, -0.2) is 18.2 Å².